The van der Waals surface area contributed by atoms with E-state index in [0.717, 1.165) is 49.9 Å². The predicted molar refractivity (Wildman–Crippen MR) is 74.5 cm³/mol. The third-order valence-electron chi connectivity index (χ3n) is 3.38. The van der Waals surface area contributed by atoms with Gasteiger partial charge in [-0.2, -0.15) is 0 Å². The number of aliphatic hydroxyl groups excluding tert-OH is 1. The number of anilines is 1. The van der Waals surface area contributed by atoms with Crippen LogP contribution in [0.1, 0.15) is 37.2 Å². The first kappa shape index (κ1) is 14.2. The van der Waals surface area contributed by atoms with Gasteiger partial charge in [-0.1, -0.05) is 6.92 Å². The van der Waals surface area contributed by atoms with E-state index in [1.807, 2.05) is 6.92 Å². The average molecular weight is 265 g/mol. The Balaban J connectivity index is 2.23. The Morgan fingerprint density at radius 1 is 1.42 bits per heavy atom. The van der Waals surface area contributed by atoms with Gasteiger partial charge in [0, 0.05) is 31.7 Å². The first-order chi connectivity index (χ1) is 9.24. The van der Waals surface area contributed by atoms with Crippen molar-refractivity contribution < 1.29 is 9.84 Å². The third kappa shape index (κ3) is 3.64. The zero-order valence-electron chi connectivity index (χ0n) is 11.8. The fraction of sp³-hybridized carbons (Fsp3) is 0.714. The van der Waals surface area contributed by atoms with Crippen LogP contribution in [-0.2, 0) is 4.74 Å². The molecule has 0 saturated carbocycles. The summed E-state index contributed by atoms with van der Waals surface area (Å²) in [5.41, 5.74) is 1.07. The minimum atomic E-state index is 0.144. The first-order valence-corrected chi connectivity index (χ1v) is 7.03. The van der Waals surface area contributed by atoms with Crippen molar-refractivity contribution in [2.24, 2.45) is 0 Å². The molecule has 0 bridgehead atoms. The molecule has 2 heterocycles. The molecule has 0 spiro atoms. The zero-order chi connectivity index (χ0) is 13.7. The van der Waals surface area contributed by atoms with Crippen molar-refractivity contribution in [1.82, 2.24) is 9.97 Å². The summed E-state index contributed by atoms with van der Waals surface area (Å²) in [4.78, 5) is 11.2. The van der Waals surface area contributed by atoms with Crippen LogP contribution in [0, 0.1) is 6.92 Å². The number of nitrogens with zero attached hydrogens (tertiary/aromatic N) is 3. The Morgan fingerprint density at radius 3 is 2.89 bits per heavy atom. The van der Waals surface area contributed by atoms with E-state index in [4.69, 9.17) is 9.84 Å². The smallest absolute Gasteiger partial charge is 0.132 e. The Hall–Kier alpha value is -1.20. The van der Waals surface area contributed by atoms with Crippen LogP contribution in [-0.4, -0.2) is 48.0 Å². The van der Waals surface area contributed by atoms with Crippen LogP contribution >= 0.6 is 0 Å². The van der Waals surface area contributed by atoms with Crippen LogP contribution < -0.4 is 4.90 Å². The van der Waals surface area contributed by atoms with Crippen molar-refractivity contribution in [3.05, 3.63) is 17.6 Å². The van der Waals surface area contributed by atoms with Crippen molar-refractivity contribution in [2.45, 2.75) is 32.6 Å². The number of rotatable bonds is 6. The third-order valence-corrected chi connectivity index (χ3v) is 3.38. The Bertz CT molecular complexity index is 400. The van der Waals surface area contributed by atoms with Crippen molar-refractivity contribution in [1.29, 1.82) is 0 Å². The number of aromatic nitrogens is 2. The molecule has 1 N–H and O–H groups in total. The lowest BCUT2D eigenvalue weighted by Gasteiger charge is -2.23. The molecule has 0 aromatic carbocycles. The number of aryl methyl sites for hydroxylation is 1. The van der Waals surface area contributed by atoms with E-state index in [1.54, 1.807) is 0 Å². The predicted octanol–water partition coefficient (Wildman–Crippen LogP) is 1.50. The topological polar surface area (TPSA) is 58.5 Å². The fourth-order valence-corrected chi connectivity index (χ4v) is 2.44. The molecule has 106 valence electrons. The van der Waals surface area contributed by atoms with Crippen LogP contribution in [0.25, 0.3) is 0 Å². The second-order valence-corrected chi connectivity index (χ2v) is 4.97. The molecule has 1 aromatic rings. The monoisotopic (exact) mass is 265 g/mol. The summed E-state index contributed by atoms with van der Waals surface area (Å²) in [5, 5.41) is 9.17. The summed E-state index contributed by atoms with van der Waals surface area (Å²) < 4.78 is 5.43. The van der Waals surface area contributed by atoms with E-state index in [1.165, 1.54) is 0 Å². The number of ether oxygens (including phenoxy) is 1. The van der Waals surface area contributed by atoms with E-state index in [-0.39, 0.29) is 6.61 Å². The highest BCUT2D eigenvalue weighted by atomic mass is 16.5. The summed E-state index contributed by atoms with van der Waals surface area (Å²) in [6.45, 7) is 7.28. The first-order valence-electron chi connectivity index (χ1n) is 7.03. The van der Waals surface area contributed by atoms with Gasteiger partial charge in [0.15, 0.2) is 0 Å². The molecule has 2 rings (SSSR count). The maximum absolute atomic E-state index is 9.17. The lowest BCUT2D eigenvalue weighted by molar-refractivity contribution is 0.193. The summed E-state index contributed by atoms with van der Waals surface area (Å²) in [7, 11) is 0. The van der Waals surface area contributed by atoms with Crippen molar-refractivity contribution in [3.8, 4) is 0 Å². The minimum Gasteiger partial charge on any atom is -0.395 e. The molecule has 1 aliphatic rings. The Morgan fingerprint density at radius 2 is 2.26 bits per heavy atom. The van der Waals surface area contributed by atoms with Gasteiger partial charge in [-0.05, 0) is 19.8 Å². The summed E-state index contributed by atoms with van der Waals surface area (Å²) in [6, 6.07) is 2.05. The molecule has 1 aromatic heterocycles. The van der Waals surface area contributed by atoms with Gasteiger partial charge in [0.25, 0.3) is 0 Å². The molecule has 0 unspecified atom stereocenters. The van der Waals surface area contributed by atoms with Gasteiger partial charge in [-0.25, -0.2) is 9.97 Å². The molecule has 0 aliphatic carbocycles. The van der Waals surface area contributed by atoms with Crippen LogP contribution in [0.2, 0.25) is 0 Å². The molecule has 1 aliphatic heterocycles. The SMILES string of the molecule is CCCN(CCO)c1cc([C@@H]2CCOC2)nc(C)n1. The van der Waals surface area contributed by atoms with E-state index in [2.05, 4.69) is 27.9 Å². The van der Waals surface area contributed by atoms with E-state index in [9.17, 15) is 0 Å². The maximum Gasteiger partial charge on any atom is 0.132 e. The molecule has 0 radical (unpaired) electrons. The van der Waals surface area contributed by atoms with Gasteiger partial charge < -0.3 is 14.7 Å². The summed E-state index contributed by atoms with van der Waals surface area (Å²) in [6.07, 6.45) is 2.06. The molecule has 1 atom stereocenters. The van der Waals surface area contributed by atoms with E-state index >= 15 is 0 Å². The quantitative estimate of drug-likeness (QED) is 0.844. The molecule has 5 heteroatoms. The zero-order valence-corrected chi connectivity index (χ0v) is 11.8. The lowest BCUT2D eigenvalue weighted by Crippen LogP contribution is -2.29. The maximum atomic E-state index is 9.17. The van der Waals surface area contributed by atoms with Crippen molar-refractivity contribution >= 4 is 5.82 Å². The van der Waals surface area contributed by atoms with E-state index in [0.29, 0.717) is 12.5 Å². The normalized spacial score (nSPS) is 18.8. The molecule has 1 saturated heterocycles. The second-order valence-electron chi connectivity index (χ2n) is 4.97. The fourth-order valence-electron chi connectivity index (χ4n) is 2.44. The van der Waals surface area contributed by atoms with Crippen LogP contribution in [0.15, 0.2) is 6.07 Å². The number of aliphatic hydroxyl groups is 1. The Labute approximate surface area is 114 Å². The molecular formula is C14H23N3O2. The molecule has 0 amide bonds. The van der Waals surface area contributed by atoms with Crippen LogP contribution in [0.4, 0.5) is 5.82 Å². The highest BCUT2D eigenvalue weighted by molar-refractivity contribution is 5.40. The lowest BCUT2D eigenvalue weighted by atomic mass is 10.0. The summed E-state index contributed by atoms with van der Waals surface area (Å²) in [5.74, 6) is 2.10. The van der Waals surface area contributed by atoms with E-state index < -0.39 is 0 Å². The minimum absolute atomic E-state index is 0.144. The second kappa shape index (κ2) is 6.82. The molecular weight excluding hydrogens is 242 g/mol. The van der Waals surface area contributed by atoms with Crippen molar-refractivity contribution in [2.75, 3.05) is 37.8 Å². The van der Waals surface area contributed by atoms with Crippen LogP contribution in [0.3, 0.4) is 0 Å². The van der Waals surface area contributed by atoms with Gasteiger partial charge in [-0.3, -0.25) is 0 Å². The highest BCUT2D eigenvalue weighted by Crippen LogP contribution is 2.26. The van der Waals surface area contributed by atoms with Gasteiger partial charge >= 0.3 is 0 Å². The van der Waals surface area contributed by atoms with Gasteiger partial charge in [-0.15, -0.1) is 0 Å². The van der Waals surface area contributed by atoms with Crippen molar-refractivity contribution in [3.63, 3.8) is 0 Å². The molecule has 19 heavy (non-hydrogen) atoms. The van der Waals surface area contributed by atoms with Gasteiger partial charge in [0.1, 0.15) is 11.6 Å². The van der Waals surface area contributed by atoms with Gasteiger partial charge in [0.2, 0.25) is 0 Å². The molecule has 5 nitrogen and oxygen atoms in total. The standard InChI is InChI=1S/C14H23N3O2/c1-3-5-17(6-7-18)14-9-13(15-11(2)16-14)12-4-8-19-10-12/h9,12,18H,3-8,10H2,1-2H3/t12-/m1/s1. The number of hydrogen-bond acceptors (Lipinski definition) is 5. The largest absolute Gasteiger partial charge is 0.395 e. The number of hydrogen-bond donors (Lipinski definition) is 1. The van der Waals surface area contributed by atoms with Gasteiger partial charge in [0.05, 0.1) is 18.9 Å². The van der Waals surface area contributed by atoms with Crippen LogP contribution in [0.5, 0.6) is 0 Å². The molecule has 1 fully saturated rings. The highest BCUT2D eigenvalue weighted by Gasteiger charge is 2.21. The average Bonchev–Trinajstić information content (AvgIpc) is 2.91. The Kier molecular flexibility index (Phi) is 5.10. The summed E-state index contributed by atoms with van der Waals surface area (Å²) >= 11 is 0.